The molecule has 0 unspecified atom stereocenters. The van der Waals surface area contributed by atoms with E-state index in [0.717, 1.165) is 64.3 Å². The maximum Gasteiger partial charge on any atom is 0.226 e. The predicted molar refractivity (Wildman–Crippen MR) is 136 cm³/mol. The van der Waals surface area contributed by atoms with E-state index in [9.17, 15) is 10.0 Å². The first-order chi connectivity index (χ1) is 16.3. The quantitative estimate of drug-likeness (QED) is 0.346. The Labute approximate surface area is 213 Å². The average molecular weight is 541 g/mol. The number of carbonyl (C=O) groups excluding carboxylic acids is 1. The first-order valence-corrected chi connectivity index (χ1v) is 12.9. The van der Waals surface area contributed by atoms with Crippen LogP contribution in [-0.2, 0) is 29.5 Å². The molecule has 0 spiro atoms. The molecule has 5 rings (SSSR count). The SMILES string of the molecule is C[C@@]1(C2CCN(C(=O)Cc3cc[n+]([O-])cc3)CC2)c2ccc(Cl)cc2CCc2cc(Br)cnc21. The van der Waals surface area contributed by atoms with Crippen molar-refractivity contribution in [2.24, 2.45) is 5.92 Å². The normalized spacial score (nSPS) is 20.4. The van der Waals surface area contributed by atoms with E-state index in [1.807, 2.05) is 17.2 Å². The molecule has 7 heteroatoms. The summed E-state index contributed by atoms with van der Waals surface area (Å²) in [6.45, 7) is 3.78. The van der Waals surface area contributed by atoms with Gasteiger partial charge in [-0.2, -0.15) is 4.73 Å². The van der Waals surface area contributed by atoms with Crippen molar-refractivity contribution in [3.05, 3.63) is 97.6 Å². The van der Waals surface area contributed by atoms with E-state index < -0.39 is 0 Å². The van der Waals surface area contributed by atoms with Gasteiger partial charge in [0.05, 0.1) is 12.1 Å². The molecule has 1 aliphatic heterocycles. The fourth-order valence-corrected chi connectivity index (χ4v) is 6.35. The van der Waals surface area contributed by atoms with Gasteiger partial charge in [0.25, 0.3) is 0 Å². The molecule has 1 saturated heterocycles. The molecule has 34 heavy (non-hydrogen) atoms. The molecule has 3 heterocycles. The van der Waals surface area contributed by atoms with Gasteiger partial charge in [-0.3, -0.25) is 9.78 Å². The van der Waals surface area contributed by atoms with E-state index in [0.29, 0.717) is 12.3 Å². The van der Waals surface area contributed by atoms with Crippen molar-refractivity contribution in [2.75, 3.05) is 13.1 Å². The smallest absolute Gasteiger partial charge is 0.226 e. The van der Waals surface area contributed by atoms with Crippen LogP contribution in [-0.4, -0.2) is 28.9 Å². The highest BCUT2D eigenvalue weighted by atomic mass is 79.9. The Morgan fingerprint density at radius 1 is 1.18 bits per heavy atom. The number of amides is 1. The lowest BCUT2D eigenvalue weighted by atomic mass is 9.64. The third-order valence-corrected chi connectivity index (χ3v) is 8.28. The van der Waals surface area contributed by atoms with Crippen LogP contribution < -0.4 is 4.73 Å². The van der Waals surface area contributed by atoms with Gasteiger partial charge in [-0.05, 0) is 94.9 Å². The van der Waals surface area contributed by atoms with Gasteiger partial charge in [-0.15, -0.1) is 0 Å². The summed E-state index contributed by atoms with van der Waals surface area (Å²) in [7, 11) is 0. The van der Waals surface area contributed by atoms with Crippen molar-refractivity contribution in [1.82, 2.24) is 9.88 Å². The Balaban J connectivity index is 1.41. The number of benzene rings is 1. The predicted octanol–water partition coefficient (Wildman–Crippen LogP) is 5.02. The Morgan fingerprint density at radius 3 is 2.62 bits per heavy atom. The second-order valence-electron chi connectivity index (χ2n) is 9.56. The molecule has 1 amide bonds. The number of hydrogen-bond acceptors (Lipinski definition) is 3. The van der Waals surface area contributed by atoms with Crippen LogP contribution in [0.15, 0.2) is 59.5 Å². The Morgan fingerprint density at radius 2 is 1.88 bits per heavy atom. The number of nitrogens with zero attached hydrogens (tertiary/aromatic N) is 3. The van der Waals surface area contributed by atoms with E-state index in [2.05, 4.69) is 41.1 Å². The molecule has 1 atom stereocenters. The van der Waals surface area contributed by atoms with Gasteiger partial charge >= 0.3 is 0 Å². The minimum atomic E-state index is -0.247. The summed E-state index contributed by atoms with van der Waals surface area (Å²) in [5.74, 6) is 0.473. The molecular weight excluding hydrogens is 514 g/mol. The maximum atomic E-state index is 13.0. The van der Waals surface area contributed by atoms with Gasteiger partial charge in [0.1, 0.15) is 0 Å². The van der Waals surface area contributed by atoms with Crippen LogP contribution >= 0.6 is 27.5 Å². The van der Waals surface area contributed by atoms with Crippen molar-refractivity contribution in [3.63, 3.8) is 0 Å². The summed E-state index contributed by atoms with van der Waals surface area (Å²) in [5.41, 5.74) is 5.65. The van der Waals surface area contributed by atoms with Crippen molar-refractivity contribution in [1.29, 1.82) is 0 Å². The highest BCUT2D eigenvalue weighted by Crippen LogP contribution is 2.48. The summed E-state index contributed by atoms with van der Waals surface area (Å²) in [4.78, 5) is 19.9. The molecule has 1 fully saturated rings. The first-order valence-electron chi connectivity index (χ1n) is 11.7. The van der Waals surface area contributed by atoms with Gasteiger partial charge in [0, 0.05) is 46.3 Å². The molecule has 0 saturated carbocycles. The van der Waals surface area contributed by atoms with Crippen LogP contribution in [0, 0.1) is 11.1 Å². The first kappa shape index (κ1) is 23.3. The fraction of sp³-hybridized carbons (Fsp3) is 0.370. The summed E-state index contributed by atoms with van der Waals surface area (Å²) in [6.07, 6.45) is 8.80. The number of pyridine rings is 2. The second kappa shape index (κ2) is 9.31. The third kappa shape index (κ3) is 4.34. The van der Waals surface area contributed by atoms with Gasteiger partial charge < -0.3 is 10.1 Å². The van der Waals surface area contributed by atoms with Gasteiger partial charge in [-0.25, -0.2) is 0 Å². The zero-order valence-electron chi connectivity index (χ0n) is 19.1. The number of aryl methyl sites for hydroxylation is 2. The van der Waals surface area contributed by atoms with Gasteiger partial charge in [-0.1, -0.05) is 17.7 Å². The van der Waals surface area contributed by atoms with Crippen LogP contribution in [0.2, 0.25) is 5.02 Å². The molecule has 5 nitrogen and oxygen atoms in total. The maximum absolute atomic E-state index is 13.0. The number of rotatable bonds is 3. The summed E-state index contributed by atoms with van der Waals surface area (Å²) >= 11 is 9.99. The van der Waals surface area contributed by atoms with Crippen LogP contribution in [0.4, 0.5) is 0 Å². The van der Waals surface area contributed by atoms with Crippen LogP contribution in [0.3, 0.4) is 0 Å². The van der Waals surface area contributed by atoms with Crippen LogP contribution in [0.5, 0.6) is 0 Å². The van der Waals surface area contributed by atoms with E-state index in [1.54, 1.807) is 12.1 Å². The van der Waals surface area contributed by atoms with Crippen molar-refractivity contribution in [3.8, 4) is 0 Å². The lowest BCUT2D eigenvalue weighted by Gasteiger charge is -2.43. The number of aromatic nitrogens is 2. The zero-order valence-corrected chi connectivity index (χ0v) is 21.5. The molecular formula is C27H27BrClN3O2. The van der Waals surface area contributed by atoms with E-state index >= 15 is 0 Å². The lowest BCUT2D eigenvalue weighted by molar-refractivity contribution is -0.605. The number of fused-ring (bicyclic) bond motifs is 2. The molecule has 1 aliphatic carbocycles. The van der Waals surface area contributed by atoms with Gasteiger partial charge in [0.15, 0.2) is 12.4 Å². The Hall–Kier alpha value is -2.44. The summed E-state index contributed by atoms with van der Waals surface area (Å²) in [5, 5.41) is 12.0. The summed E-state index contributed by atoms with van der Waals surface area (Å²) < 4.78 is 1.74. The monoisotopic (exact) mass is 539 g/mol. The Kier molecular flexibility index (Phi) is 6.38. The highest BCUT2D eigenvalue weighted by Gasteiger charge is 2.44. The van der Waals surface area contributed by atoms with E-state index in [4.69, 9.17) is 16.6 Å². The number of halogens is 2. The largest absolute Gasteiger partial charge is 0.619 e. The van der Waals surface area contributed by atoms with Gasteiger partial charge in [0.2, 0.25) is 5.91 Å². The standard InChI is InChI=1S/C27H27BrClN3O2/c1-27(21-8-10-31(11-9-21)25(33)14-18-6-12-32(34)13-7-18)24-5-4-23(29)16-19(24)2-3-20-15-22(28)17-30-26(20)27/h4-7,12-13,15-17,21H,2-3,8-11,14H2,1H3/t27-/m1/s1. The van der Waals surface area contributed by atoms with Crippen molar-refractivity contribution in [2.45, 2.75) is 44.4 Å². The molecule has 3 aromatic rings. The number of likely N-dealkylation sites (tertiary alicyclic amines) is 1. The molecule has 0 bridgehead atoms. The van der Waals surface area contributed by atoms with E-state index in [-0.39, 0.29) is 11.3 Å². The highest BCUT2D eigenvalue weighted by molar-refractivity contribution is 9.10. The minimum absolute atomic E-state index is 0.114. The number of carbonyl (C=O) groups is 1. The van der Waals surface area contributed by atoms with Crippen molar-refractivity contribution >= 4 is 33.4 Å². The third-order valence-electron chi connectivity index (χ3n) is 7.61. The molecule has 1 aromatic carbocycles. The molecule has 0 N–H and O–H groups in total. The zero-order chi connectivity index (χ0) is 23.9. The summed E-state index contributed by atoms with van der Waals surface area (Å²) in [6, 6.07) is 11.9. The topological polar surface area (TPSA) is 60.1 Å². The minimum Gasteiger partial charge on any atom is -0.619 e. The van der Waals surface area contributed by atoms with E-state index in [1.165, 1.54) is 29.1 Å². The average Bonchev–Trinajstić information content (AvgIpc) is 2.95. The molecule has 176 valence electrons. The molecule has 2 aliphatic rings. The van der Waals surface area contributed by atoms with Crippen molar-refractivity contribution < 1.29 is 9.52 Å². The number of piperidine rings is 1. The fourth-order valence-electron chi connectivity index (χ4n) is 5.78. The molecule has 2 aromatic heterocycles. The Bertz CT molecular complexity index is 1170. The molecule has 0 radical (unpaired) electrons. The number of hydrogen-bond donors (Lipinski definition) is 0. The van der Waals surface area contributed by atoms with Crippen LogP contribution in [0.1, 0.15) is 47.7 Å². The van der Waals surface area contributed by atoms with Crippen LogP contribution in [0.25, 0.3) is 0 Å². The lowest BCUT2D eigenvalue weighted by Crippen LogP contribution is -2.45. The second-order valence-corrected chi connectivity index (χ2v) is 10.9.